The zero-order valence-corrected chi connectivity index (χ0v) is 9.18. The van der Waals surface area contributed by atoms with E-state index in [0.717, 1.165) is 29.4 Å². The Morgan fingerprint density at radius 2 is 1.85 bits per heavy atom. The van der Waals surface area contributed by atoms with Crippen molar-refractivity contribution in [3.8, 4) is 0 Å². The van der Waals surface area contributed by atoms with Crippen molar-refractivity contribution in [1.82, 2.24) is 0 Å². The molecule has 0 aliphatic heterocycles. The van der Waals surface area contributed by atoms with E-state index in [-0.39, 0.29) is 0 Å². The second-order valence-corrected chi connectivity index (χ2v) is 5.87. The molecule has 0 aromatic rings. The molecule has 0 N–H and O–H groups in total. The second kappa shape index (κ2) is 3.18. The van der Waals surface area contributed by atoms with Crippen LogP contribution in [0.4, 0.5) is 0 Å². The van der Waals surface area contributed by atoms with Crippen LogP contribution < -0.4 is 0 Å². The molecule has 13 heavy (non-hydrogen) atoms. The van der Waals surface area contributed by atoms with Gasteiger partial charge in [-0.2, -0.15) is 12.6 Å². The predicted octanol–water partition coefficient (Wildman–Crippen LogP) is 3.38. The molecule has 0 spiro atoms. The van der Waals surface area contributed by atoms with Crippen LogP contribution in [0.15, 0.2) is 0 Å². The largest absolute Gasteiger partial charge is 0.179 e. The Hall–Kier alpha value is 0.350. The smallest absolute Gasteiger partial charge is 0.00952 e. The average Bonchev–Trinajstić information content (AvgIpc) is 2.72. The Bertz CT molecular complexity index is 201. The van der Waals surface area contributed by atoms with Crippen molar-refractivity contribution >= 4 is 12.6 Å². The second-order valence-electron chi connectivity index (χ2n) is 5.43. The summed E-state index contributed by atoms with van der Waals surface area (Å²) in [4.78, 5) is 0. The van der Waals surface area contributed by atoms with E-state index in [2.05, 4.69) is 12.6 Å². The zero-order chi connectivity index (χ0) is 8.84. The van der Waals surface area contributed by atoms with Gasteiger partial charge in [-0.25, -0.2) is 0 Å². The summed E-state index contributed by atoms with van der Waals surface area (Å²) < 4.78 is 0. The van der Waals surface area contributed by atoms with Crippen molar-refractivity contribution in [2.75, 3.05) is 5.75 Å². The Kier molecular flexibility index (Phi) is 2.12. The summed E-state index contributed by atoms with van der Waals surface area (Å²) in [5.74, 6) is 6.78. The number of thiol groups is 1. The van der Waals surface area contributed by atoms with Gasteiger partial charge in [-0.3, -0.25) is 0 Å². The molecule has 5 atom stereocenters. The molecule has 0 heterocycles. The van der Waals surface area contributed by atoms with E-state index in [1.807, 2.05) is 0 Å². The van der Waals surface area contributed by atoms with Gasteiger partial charge in [0.05, 0.1) is 0 Å². The number of rotatable bonds is 2. The molecule has 0 radical (unpaired) electrons. The normalized spacial score (nSPS) is 52.8. The molecule has 0 amide bonds. The van der Waals surface area contributed by atoms with Crippen LogP contribution in [0.3, 0.4) is 0 Å². The summed E-state index contributed by atoms with van der Waals surface area (Å²) in [6, 6.07) is 0. The van der Waals surface area contributed by atoms with Gasteiger partial charge >= 0.3 is 0 Å². The van der Waals surface area contributed by atoms with Crippen molar-refractivity contribution in [2.45, 2.75) is 38.5 Å². The number of hydrogen-bond donors (Lipinski definition) is 1. The zero-order valence-electron chi connectivity index (χ0n) is 8.28. The van der Waals surface area contributed by atoms with Crippen LogP contribution in [0.1, 0.15) is 38.5 Å². The molecular weight excluding hydrogens is 176 g/mol. The highest BCUT2D eigenvalue weighted by Crippen LogP contribution is 2.61. The molecule has 3 aliphatic carbocycles. The van der Waals surface area contributed by atoms with Gasteiger partial charge in [0, 0.05) is 0 Å². The Balaban J connectivity index is 1.74. The fourth-order valence-corrected chi connectivity index (χ4v) is 5.04. The van der Waals surface area contributed by atoms with E-state index in [4.69, 9.17) is 0 Å². The lowest BCUT2D eigenvalue weighted by molar-refractivity contribution is 0.186. The molecule has 0 nitrogen and oxygen atoms in total. The summed E-state index contributed by atoms with van der Waals surface area (Å²) in [5.41, 5.74) is 0. The lowest BCUT2D eigenvalue weighted by atomic mass is 9.75. The van der Waals surface area contributed by atoms with E-state index >= 15 is 0 Å². The fourth-order valence-electron chi connectivity index (χ4n) is 4.71. The maximum Gasteiger partial charge on any atom is -0.00952 e. The van der Waals surface area contributed by atoms with Crippen LogP contribution in [0.2, 0.25) is 0 Å². The van der Waals surface area contributed by atoms with Crippen molar-refractivity contribution < 1.29 is 0 Å². The van der Waals surface area contributed by atoms with E-state index in [1.165, 1.54) is 18.8 Å². The number of hydrogen-bond acceptors (Lipinski definition) is 1. The summed E-state index contributed by atoms with van der Waals surface area (Å²) in [6.45, 7) is 0. The Morgan fingerprint density at radius 1 is 1.00 bits per heavy atom. The van der Waals surface area contributed by atoms with Gasteiger partial charge in [0.2, 0.25) is 0 Å². The van der Waals surface area contributed by atoms with E-state index in [0.29, 0.717) is 0 Å². The molecule has 3 aliphatic rings. The van der Waals surface area contributed by atoms with E-state index < -0.39 is 0 Å². The molecule has 0 saturated heterocycles. The third-order valence-corrected chi connectivity index (χ3v) is 5.32. The summed E-state index contributed by atoms with van der Waals surface area (Å²) >= 11 is 4.39. The summed E-state index contributed by atoms with van der Waals surface area (Å²) in [5, 5.41) is 0. The van der Waals surface area contributed by atoms with Gasteiger partial charge in [-0.15, -0.1) is 0 Å². The maximum absolute atomic E-state index is 4.39. The van der Waals surface area contributed by atoms with Crippen LogP contribution in [-0.2, 0) is 0 Å². The average molecular weight is 196 g/mol. The Morgan fingerprint density at radius 3 is 2.69 bits per heavy atom. The highest BCUT2D eigenvalue weighted by molar-refractivity contribution is 7.80. The lowest BCUT2D eigenvalue weighted by Crippen LogP contribution is -2.24. The molecule has 0 aromatic heterocycles. The van der Waals surface area contributed by atoms with E-state index in [1.54, 1.807) is 25.7 Å². The van der Waals surface area contributed by atoms with Crippen LogP contribution in [0.25, 0.3) is 0 Å². The van der Waals surface area contributed by atoms with Gasteiger partial charge < -0.3 is 0 Å². The highest BCUT2D eigenvalue weighted by Gasteiger charge is 2.52. The van der Waals surface area contributed by atoms with Crippen LogP contribution in [0, 0.1) is 29.6 Å². The third-order valence-electron chi connectivity index (χ3n) is 5.07. The standard InChI is InChI=1S/C12H20S/c13-5-4-8-6-9-7-12(8)11-3-1-2-10(9)11/h8-13H,1-7H2. The Labute approximate surface area is 86.9 Å². The molecule has 0 aromatic carbocycles. The first kappa shape index (κ1) is 8.64. The molecule has 2 bridgehead atoms. The van der Waals surface area contributed by atoms with Crippen molar-refractivity contribution in [1.29, 1.82) is 0 Å². The molecule has 74 valence electrons. The van der Waals surface area contributed by atoms with Crippen molar-refractivity contribution in [3.63, 3.8) is 0 Å². The SMILES string of the molecule is SCCC1CC2CC1C1CCCC21. The monoisotopic (exact) mass is 196 g/mol. The first-order valence-electron chi connectivity index (χ1n) is 6.01. The summed E-state index contributed by atoms with van der Waals surface area (Å²) in [6.07, 6.45) is 9.22. The molecule has 3 saturated carbocycles. The number of fused-ring (bicyclic) bond motifs is 5. The minimum atomic E-state index is 1.07. The maximum atomic E-state index is 4.39. The van der Waals surface area contributed by atoms with Gasteiger partial charge in [-0.1, -0.05) is 6.42 Å². The van der Waals surface area contributed by atoms with Gasteiger partial charge in [0.15, 0.2) is 0 Å². The fraction of sp³-hybridized carbons (Fsp3) is 1.00. The molecular formula is C12H20S. The quantitative estimate of drug-likeness (QED) is 0.643. The van der Waals surface area contributed by atoms with Crippen molar-refractivity contribution in [3.05, 3.63) is 0 Å². The van der Waals surface area contributed by atoms with E-state index in [9.17, 15) is 0 Å². The first-order chi connectivity index (χ1) is 6.40. The van der Waals surface area contributed by atoms with Crippen LogP contribution in [-0.4, -0.2) is 5.75 Å². The minimum absolute atomic E-state index is 1.07. The molecule has 3 fully saturated rings. The topological polar surface area (TPSA) is 0 Å². The molecule has 5 unspecified atom stereocenters. The lowest BCUT2D eigenvalue weighted by Gasteiger charge is -2.31. The predicted molar refractivity (Wildman–Crippen MR) is 59.0 cm³/mol. The minimum Gasteiger partial charge on any atom is -0.179 e. The van der Waals surface area contributed by atoms with Crippen molar-refractivity contribution in [2.24, 2.45) is 29.6 Å². The van der Waals surface area contributed by atoms with Gasteiger partial charge in [0.1, 0.15) is 0 Å². The first-order valence-corrected chi connectivity index (χ1v) is 6.64. The van der Waals surface area contributed by atoms with Gasteiger partial charge in [-0.05, 0) is 67.4 Å². The summed E-state index contributed by atoms with van der Waals surface area (Å²) in [7, 11) is 0. The van der Waals surface area contributed by atoms with Crippen LogP contribution >= 0.6 is 12.6 Å². The van der Waals surface area contributed by atoms with Gasteiger partial charge in [0.25, 0.3) is 0 Å². The van der Waals surface area contributed by atoms with Crippen LogP contribution in [0.5, 0.6) is 0 Å². The highest BCUT2D eigenvalue weighted by atomic mass is 32.1. The molecule has 3 rings (SSSR count). The third kappa shape index (κ3) is 1.19. The molecule has 1 heteroatoms.